The molecule has 0 radical (unpaired) electrons. The maximum absolute atomic E-state index is 13.8. The Morgan fingerprint density at radius 3 is 2.43 bits per heavy atom. The van der Waals surface area contributed by atoms with Gasteiger partial charge in [0.25, 0.3) is 0 Å². The van der Waals surface area contributed by atoms with E-state index in [1.807, 2.05) is 13.0 Å². The highest BCUT2D eigenvalue weighted by Crippen LogP contribution is 2.27. The van der Waals surface area contributed by atoms with Gasteiger partial charge in [0.1, 0.15) is 5.82 Å². The van der Waals surface area contributed by atoms with Crippen molar-refractivity contribution in [1.82, 2.24) is 5.32 Å². The van der Waals surface area contributed by atoms with Crippen LogP contribution < -0.4 is 5.32 Å². The Bertz CT molecular complexity index is 625. The van der Waals surface area contributed by atoms with Crippen molar-refractivity contribution in [2.75, 3.05) is 6.54 Å². The third-order valence-corrected chi connectivity index (χ3v) is 3.41. The first-order chi connectivity index (χ1) is 10.0. The molecule has 112 valence electrons. The first kappa shape index (κ1) is 15.6. The van der Waals surface area contributed by atoms with E-state index >= 15 is 0 Å². The lowest BCUT2D eigenvalue weighted by atomic mass is 9.99. The van der Waals surface area contributed by atoms with Crippen molar-refractivity contribution in [3.8, 4) is 11.1 Å². The van der Waals surface area contributed by atoms with Crippen molar-refractivity contribution in [1.29, 1.82) is 0 Å². The van der Waals surface area contributed by atoms with E-state index in [0.717, 1.165) is 24.6 Å². The SMILES string of the molecule is CCCNC(C)c1cccc(-c2cc(F)c(F)cc2F)c1. The third-order valence-electron chi connectivity index (χ3n) is 3.41. The minimum atomic E-state index is -1.18. The lowest BCUT2D eigenvalue weighted by molar-refractivity contribution is 0.496. The second-order valence-corrected chi connectivity index (χ2v) is 5.05. The second-order valence-electron chi connectivity index (χ2n) is 5.05. The molecule has 0 heterocycles. The maximum Gasteiger partial charge on any atom is 0.161 e. The van der Waals surface area contributed by atoms with Crippen LogP contribution in [0.3, 0.4) is 0 Å². The number of nitrogens with one attached hydrogen (secondary N) is 1. The Morgan fingerprint density at radius 2 is 1.71 bits per heavy atom. The largest absolute Gasteiger partial charge is 0.310 e. The van der Waals surface area contributed by atoms with Crippen LogP contribution in [0.1, 0.15) is 31.9 Å². The molecule has 21 heavy (non-hydrogen) atoms. The molecule has 0 saturated heterocycles. The number of rotatable bonds is 5. The van der Waals surface area contributed by atoms with Crippen LogP contribution in [0.15, 0.2) is 36.4 Å². The molecule has 2 aromatic carbocycles. The lowest BCUT2D eigenvalue weighted by Gasteiger charge is -2.15. The van der Waals surface area contributed by atoms with Gasteiger partial charge in [-0.05, 0) is 43.1 Å². The normalized spacial score (nSPS) is 12.4. The molecule has 1 atom stereocenters. The summed E-state index contributed by atoms with van der Waals surface area (Å²) >= 11 is 0. The van der Waals surface area contributed by atoms with Gasteiger partial charge in [-0.1, -0.05) is 25.1 Å². The van der Waals surface area contributed by atoms with Gasteiger partial charge in [-0.2, -0.15) is 0 Å². The van der Waals surface area contributed by atoms with E-state index in [9.17, 15) is 13.2 Å². The zero-order chi connectivity index (χ0) is 15.4. The molecule has 1 unspecified atom stereocenters. The van der Waals surface area contributed by atoms with Gasteiger partial charge >= 0.3 is 0 Å². The van der Waals surface area contributed by atoms with Gasteiger partial charge in [0, 0.05) is 17.7 Å². The average molecular weight is 293 g/mol. The predicted molar refractivity (Wildman–Crippen MR) is 78.5 cm³/mol. The van der Waals surface area contributed by atoms with Gasteiger partial charge in [-0.25, -0.2) is 13.2 Å². The van der Waals surface area contributed by atoms with Gasteiger partial charge in [-0.15, -0.1) is 0 Å². The van der Waals surface area contributed by atoms with E-state index in [2.05, 4.69) is 12.2 Å². The van der Waals surface area contributed by atoms with Crippen molar-refractivity contribution in [3.63, 3.8) is 0 Å². The van der Waals surface area contributed by atoms with Crippen LogP contribution in [0.2, 0.25) is 0 Å². The van der Waals surface area contributed by atoms with Crippen molar-refractivity contribution < 1.29 is 13.2 Å². The molecule has 0 aliphatic heterocycles. The molecule has 0 bridgehead atoms. The fourth-order valence-corrected chi connectivity index (χ4v) is 2.20. The summed E-state index contributed by atoms with van der Waals surface area (Å²) in [7, 11) is 0. The molecule has 0 aromatic heterocycles. The minimum absolute atomic E-state index is 0.0680. The summed E-state index contributed by atoms with van der Waals surface area (Å²) in [5.41, 5.74) is 1.58. The van der Waals surface area contributed by atoms with E-state index < -0.39 is 17.5 Å². The molecule has 2 rings (SSSR count). The molecule has 0 fully saturated rings. The van der Waals surface area contributed by atoms with Gasteiger partial charge in [-0.3, -0.25) is 0 Å². The predicted octanol–water partition coefficient (Wildman–Crippen LogP) is 4.83. The monoisotopic (exact) mass is 293 g/mol. The summed E-state index contributed by atoms with van der Waals surface area (Å²) in [5.74, 6) is -2.99. The van der Waals surface area contributed by atoms with E-state index in [-0.39, 0.29) is 11.6 Å². The van der Waals surface area contributed by atoms with Crippen LogP contribution in [0.5, 0.6) is 0 Å². The average Bonchev–Trinajstić information content (AvgIpc) is 2.48. The highest BCUT2D eigenvalue weighted by molar-refractivity contribution is 5.65. The molecule has 4 heteroatoms. The van der Waals surface area contributed by atoms with Gasteiger partial charge in [0.15, 0.2) is 11.6 Å². The van der Waals surface area contributed by atoms with Crippen LogP contribution in [-0.4, -0.2) is 6.54 Å². The second kappa shape index (κ2) is 6.76. The van der Waals surface area contributed by atoms with Crippen LogP contribution in [0, 0.1) is 17.5 Å². The zero-order valence-electron chi connectivity index (χ0n) is 12.1. The van der Waals surface area contributed by atoms with Crippen LogP contribution in [0.4, 0.5) is 13.2 Å². The van der Waals surface area contributed by atoms with Crippen molar-refractivity contribution in [3.05, 3.63) is 59.4 Å². The van der Waals surface area contributed by atoms with E-state index in [1.54, 1.807) is 18.2 Å². The maximum atomic E-state index is 13.8. The van der Waals surface area contributed by atoms with E-state index in [1.165, 1.54) is 0 Å². The molecule has 2 aromatic rings. The third kappa shape index (κ3) is 3.64. The fraction of sp³-hybridized carbons (Fsp3) is 0.294. The number of benzene rings is 2. The Kier molecular flexibility index (Phi) is 5.02. The summed E-state index contributed by atoms with van der Waals surface area (Å²) in [6, 6.07) is 8.78. The van der Waals surface area contributed by atoms with Crippen molar-refractivity contribution >= 4 is 0 Å². The Hall–Kier alpha value is -1.81. The summed E-state index contributed by atoms with van der Waals surface area (Å²) in [5, 5.41) is 3.33. The van der Waals surface area contributed by atoms with Gasteiger partial charge in [0.2, 0.25) is 0 Å². The van der Waals surface area contributed by atoms with Gasteiger partial charge in [0.05, 0.1) is 0 Å². The van der Waals surface area contributed by atoms with Crippen LogP contribution in [-0.2, 0) is 0 Å². The molecule has 0 aliphatic rings. The number of hydrogen-bond acceptors (Lipinski definition) is 1. The van der Waals surface area contributed by atoms with Crippen LogP contribution >= 0.6 is 0 Å². The molecule has 0 aliphatic carbocycles. The number of halogens is 3. The van der Waals surface area contributed by atoms with Crippen molar-refractivity contribution in [2.24, 2.45) is 0 Å². The Morgan fingerprint density at radius 1 is 1.00 bits per heavy atom. The topological polar surface area (TPSA) is 12.0 Å². The van der Waals surface area contributed by atoms with Crippen molar-refractivity contribution in [2.45, 2.75) is 26.3 Å². The van der Waals surface area contributed by atoms with E-state index in [4.69, 9.17) is 0 Å². The fourth-order valence-electron chi connectivity index (χ4n) is 2.20. The highest BCUT2D eigenvalue weighted by Gasteiger charge is 2.13. The standard InChI is InChI=1S/C17H18F3N/c1-3-7-21-11(2)12-5-4-6-13(8-12)14-9-16(19)17(20)10-15(14)18/h4-6,8-11,21H,3,7H2,1-2H3. The van der Waals surface area contributed by atoms with Crippen LogP contribution in [0.25, 0.3) is 11.1 Å². The molecule has 0 spiro atoms. The first-order valence-corrected chi connectivity index (χ1v) is 7.01. The Balaban J connectivity index is 2.35. The molecular weight excluding hydrogens is 275 g/mol. The smallest absolute Gasteiger partial charge is 0.161 e. The quantitative estimate of drug-likeness (QED) is 0.778. The molecular formula is C17H18F3N. The first-order valence-electron chi connectivity index (χ1n) is 7.01. The number of hydrogen-bond donors (Lipinski definition) is 1. The molecule has 1 nitrogen and oxygen atoms in total. The molecule has 0 saturated carbocycles. The summed E-state index contributed by atoms with van der Waals surface area (Å²) < 4.78 is 40.1. The molecule has 0 amide bonds. The zero-order valence-corrected chi connectivity index (χ0v) is 12.1. The summed E-state index contributed by atoms with van der Waals surface area (Å²) in [4.78, 5) is 0. The van der Waals surface area contributed by atoms with Gasteiger partial charge < -0.3 is 5.32 Å². The lowest BCUT2D eigenvalue weighted by Crippen LogP contribution is -2.19. The summed E-state index contributed by atoms with van der Waals surface area (Å²) in [6.07, 6.45) is 1.02. The Labute approximate surface area is 122 Å². The highest BCUT2D eigenvalue weighted by atomic mass is 19.2. The summed E-state index contributed by atoms with van der Waals surface area (Å²) in [6.45, 7) is 4.97. The molecule has 1 N–H and O–H groups in total. The minimum Gasteiger partial charge on any atom is -0.310 e. The van der Waals surface area contributed by atoms with E-state index in [0.29, 0.717) is 11.6 Å².